The molecule has 0 atom stereocenters. The number of nitrogens with zero attached hydrogens (tertiary/aromatic N) is 1. The molecule has 0 bridgehead atoms. The molecule has 0 aromatic rings. The van der Waals surface area contributed by atoms with E-state index < -0.39 is 10.0 Å². The highest BCUT2D eigenvalue weighted by atomic mass is 32.2. The van der Waals surface area contributed by atoms with Gasteiger partial charge in [-0.1, -0.05) is 5.57 Å². The Hall–Kier alpha value is -0.880. The lowest BCUT2D eigenvalue weighted by Gasteiger charge is -2.45. The van der Waals surface area contributed by atoms with Crippen LogP contribution in [0, 0.1) is 5.41 Å². The van der Waals surface area contributed by atoms with Gasteiger partial charge in [0.15, 0.2) is 0 Å². The zero-order valence-corrected chi connectivity index (χ0v) is 12.6. The zero-order valence-electron chi connectivity index (χ0n) is 11.8. The zero-order chi connectivity index (χ0) is 14.3. The molecule has 1 N–H and O–H groups in total. The van der Waals surface area contributed by atoms with Crippen LogP contribution in [0.4, 0.5) is 0 Å². The predicted molar refractivity (Wildman–Crippen MR) is 74.1 cm³/mol. The highest BCUT2D eigenvalue weighted by Crippen LogP contribution is 2.48. The van der Waals surface area contributed by atoms with E-state index in [4.69, 9.17) is 0 Å². The van der Waals surface area contributed by atoms with Crippen LogP contribution in [-0.2, 0) is 14.8 Å². The molecule has 0 aromatic heterocycles. The van der Waals surface area contributed by atoms with Crippen LogP contribution < -0.4 is 4.72 Å². The van der Waals surface area contributed by atoms with Gasteiger partial charge in [0.1, 0.15) is 0 Å². The molecule has 1 spiro atoms. The SMILES string of the molecule is CC(C)=CC(=O)N1CCC2(CC(NS(C)(=O)=O)C2)C1. The maximum atomic E-state index is 11.9. The smallest absolute Gasteiger partial charge is 0.246 e. The molecule has 1 aliphatic carbocycles. The van der Waals surface area contributed by atoms with Gasteiger partial charge in [0.25, 0.3) is 0 Å². The van der Waals surface area contributed by atoms with Crippen LogP contribution in [0.3, 0.4) is 0 Å². The van der Waals surface area contributed by atoms with Crippen LogP contribution >= 0.6 is 0 Å². The fraction of sp³-hybridized carbons (Fsp3) is 0.769. The maximum Gasteiger partial charge on any atom is 0.246 e. The number of carbonyl (C=O) groups is 1. The Morgan fingerprint density at radius 1 is 1.37 bits per heavy atom. The van der Waals surface area contributed by atoms with Gasteiger partial charge >= 0.3 is 0 Å². The first-order chi connectivity index (χ1) is 8.69. The number of carbonyl (C=O) groups excluding carboxylic acids is 1. The number of hydrogen-bond acceptors (Lipinski definition) is 3. The van der Waals surface area contributed by atoms with Crippen LogP contribution in [0.25, 0.3) is 0 Å². The van der Waals surface area contributed by atoms with Gasteiger partial charge in [-0.2, -0.15) is 0 Å². The molecule has 2 rings (SSSR count). The Bertz CT molecular complexity index is 500. The van der Waals surface area contributed by atoms with Crippen LogP contribution in [0.5, 0.6) is 0 Å². The van der Waals surface area contributed by atoms with Gasteiger partial charge in [-0.3, -0.25) is 4.79 Å². The van der Waals surface area contributed by atoms with Crippen molar-refractivity contribution in [3.63, 3.8) is 0 Å². The minimum atomic E-state index is -3.12. The standard InChI is InChI=1S/C13H22N2O3S/c1-10(2)6-12(16)15-5-4-13(9-15)7-11(8-13)14-19(3,17)18/h6,11,14H,4-5,7-9H2,1-3H3. The van der Waals surface area contributed by atoms with Crippen molar-refractivity contribution in [2.45, 2.75) is 39.2 Å². The molecule has 2 aliphatic rings. The quantitative estimate of drug-likeness (QED) is 0.783. The molecule has 1 saturated carbocycles. The van der Waals surface area contributed by atoms with Gasteiger partial charge in [0.2, 0.25) is 15.9 Å². The molecule has 6 heteroatoms. The Kier molecular flexibility index (Phi) is 3.75. The van der Waals surface area contributed by atoms with Crippen molar-refractivity contribution >= 4 is 15.9 Å². The third-order valence-electron chi connectivity index (χ3n) is 3.90. The fourth-order valence-electron chi connectivity index (χ4n) is 3.17. The second kappa shape index (κ2) is 4.90. The Labute approximate surface area is 115 Å². The number of likely N-dealkylation sites (tertiary alicyclic amines) is 1. The largest absolute Gasteiger partial charge is 0.339 e. The first kappa shape index (κ1) is 14.5. The average Bonchev–Trinajstić information content (AvgIpc) is 2.58. The van der Waals surface area contributed by atoms with Crippen LogP contribution in [0.1, 0.15) is 33.1 Å². The van der Waals surface area contributed by atoms with Gasteiger partial charge < -0.3 is 4.90 Å². The summed E-state index contributed by atoms with van der Waals surface area (Å²) in [5.41, 5.74) is 1.16. The number of hydrogen-bond donors (Lipinski definition) is 1. The summed E-state index contributed by atoms with van der Waals surface area (Å²) in [6.07, 6.45) is 5.54. The highest BCUT2D eigenvalue weighted by Gasteiger charge is 2.49. The lowest BCUT2D eigenvalue weighted by molar-refractivity contribution is -0.125. The predicted octanol–water partition coefficient (Wildman–Crippen LogP) is 0.883. The van der Waals surface area contributed by atoms with Crippen molar-refractivity contribution in [2.24, 2.45) is 5.41 Å². The molecule has 0 aromatic carbocycles. The molecular weight excluding hydrogens is 264 g/mol. The molecule has 1 amide bonds. The third kappa shape index (κ3) is 3.57. The summed E-state index contributed by atoms with van der Waals surface area (Å²) in [6.45, 7) is 5.38. The number of rotatable bonds is 3. The summed E-state index contributed by atoms with van der Waals surface area (Å²) in [5, 5.41) is 0. The molecule has 5 nitrogen and oxygen atoms in total. The van der Waals surface area contributed by atoms with Gasteiger partial charge in [0, 0.05) is 25.2 Å². The van der Waals surface area contributed by atoms with Crippen LogP contribution in [0.2, 0.25) is 0 Å². The number of nitrogens with one attached hydrogen (secondary N) is 1. The summed E-state index contributed by atoms with van der Waals surface area (Å²) in [6, 6.07) is 0.0495. The molecule has 0 radical (unpaired) electrons. The normalized spacial score (nSPS) is 30.3. The van der Waals surface area contributed by atoms with Gasteiger partial charge in [0.05, 0.1) is 6.26 Å². The molecule has 1 aliphatic heterocycles. The van der Waals surface area contributed by atoms with E-state index in [-0.39, 0.29) is 17.4 Å². The second-order valence-electron chi connectivity index (χ2n) is 6.23. The number of allylic oxidation sites excluding steroid dienone is 1. The van der Waals surface area contributed by atoms with E-state index in [9.17, 15) is 13.2 Å². The van der Waals surface area contributed by atoms with Gasteiger partial charge in [-0.15, -0.1) is 0 Å². The lowest BCUT2D eigenvalue weighted by atomic mass is 9.65. The van der Waals surface area contributed by atoms with Crippen molar-refractivity contribution in [3.05, 3.63) is 11.6 Å². The summed E-state index contributed by atoms with van der Waals surface area (Å²) >= 11 is 0. The van der Waals surface area contributed by atoms with Crippen molar-refractivity contribution in [3.8, 4) is 0 Å². The molecular formula is C13H22N2O3S. The minimum Gasteiger partial charge on any atom is -0.339 e. The van der Waals surface area contributed by atoms with Crippen molar-refractivity contribution in [1.29, 1.82) is 0 Å². The molecule has 0 unspecified atom stereocenters. The molecule has 2 fully saturated rings. The van der Waals surface area contributed by atoms with E-state index >= 15 is 0 Å². The van der Waals surface area contributed by atoms with Gasteiger partial charge in [-0.05, 0) is 38.5 Å². The Morgan fingerprint density at radius 2 is 2.00 bits per heavy atom. The van der Waals surface area contributed by atoms with E-state index in [0.717, 1.165) is 37.9 Å². The van der Waals surface area contributed by atoms with E-state index in [2.05, 4.69) is 4.72 Å². The first-order valence-corrected chi connectivity index (χ1v) is 8.49. The topological polar surface area (TPSA) is 66.5 Å². The second-order valence-corrected chi connectivity index (χ2v) is 8.01. The highest BCUT2D eigenvalue weighted by molar-refractivity contribution is 7.88. The van der Waals surface area contributed by atoms with E-state index in [1.807, 2.05) is 18.7 Å². The van der Waals surface area contributed by atoms with E-state index in [1.165, 1.54) is 6.26 Å². The third-order valence-corrected chi connectivity index (χ3v) is 4.66. The maximum absolute atomic E-state index is 11.9. The summed E-state index contributed by atoms with van der Waals surface area (Å²) in [7, 11) is -3.12. The Morgan fingerprint density at radius 3 is 2.53 bits per heavy atom. The molecule has 1 heterocycles. The fourth-order valence-corrected chi connectivity index (χ4v) is 3.94. The summed E-state index contributed by atoms with van der Waals surface area (Å²) in [5.74, 6) is 0.0800. The number of amides is 1. The Balaban J connectivity index is 1.87. The summed E-state index contributed by atoms with van der Waals surface area (Å²) in [4.78, 5) is 13.8. The van der Waals surface area contributed by atoms with Crippen molar-refractivity contribution < 1.29 is 13.2 Å². The average molecular weight is 286 g/mol. The molecule has 108 valence electrons. The van der Waals surface area contributed by atoms with Crippen LogP contribution in [0.15, 0.2) is 11.6 Å². The first-order valence-electron chi connectivity index (χ1n) is 6.60. The molecule has 1 saturated heterocycles. The number of sulfonamides is 1. The van der Waals surface area contributed by atoms with Crippen molar-refractivity contribution in [2.75, 3.05) is 19.3 Å². The minimum absolute atomic E-state index is 0.0495. The van der Waals surface area contributed by atoms with E-state index in [1.54, 1.807) is 6.08 Å². The van der Waals surface area contributed by atoms with Crippen molar-refractivity contribution in [1.82, 2.24) is 9.62 Å². The van der Waals surface area contributed by atoms with Gasteiger partial charge in [-0.25, -0.2) is 13.1 Å². The lowest BCUT2D eigenvalue weighted by Crippen LogP contribution is -2.51. The molecule has 19 heavy (non-hydrogen) atoms. The monoisotopic (exact) mass is 286 g/mol. The summed E-state index contributed by atoms with van der Waals surface area (Å²) < 4.78 is 24.9. The van der Waals surface area contributed by atoms with E-state index in [0.29, 0.717) is 0 Å². The van der Waals surface area contributed by atoms with Crippen LogP contribution in [-0.4, -0.2) is 44.6 Å².